The van der Waals surface area contributed by atoms with E-state index in [0.29, 0.717) is 23.6 Å². The third kappa shape index (κ3) is 4.35. The first-order chi connectivity index (χ1) is 9.69. The quantitative estimate of drug-likeness (QED) is 0.873. The summed E-state index contributed by atoms with van der Waals surface area (Å²) in [5.74, 6) is 0.712. The maximum Gasteiger partial charge on any atom is 0.224 e. The molecule has 1 N–H and O–H groups in total. The molecule has 0 unspecified atom stereocenters. The summed E-state index contributed by atoms with van der Waals surface area (Å²) < 4.78 is 0.842. The van der Waals surface area contributed by atoms with Crippen LogP contribution in [-0.4, -0.2) is 5.91 Å². The summed E-state index contributed by atoms with van der Waals surface area (Å²) >= 11 is 3.32. The largest absolute Gasteiger partial charge is 0.325 e. The average molecular weight is 335 g/mol. The number of nitrogens with zero attached hydrogens (tertiary/aromatic N) is 1. The van der Waals surface area contributed by atoms with E-state index in [1.165, 1.54) is 32.1 Å². The van der Waals surface area contributed by atoms with Crippen LogP contribution in [0.5, 0.6) is 0 Å². The smallest absolute Gasteiger partial charge is 0.224 e. The van der Waals surface area contributed by atoms with Gasteiger partial charge in [0.25, 0.3) is 0 Å². The maximum absolute atomic E-state index is 12.0. The zero-order valence-corrected chi connectivity index (χ0v) is 13.1. The summed E-state index contributed by atoms with van der Waals surface area (Å²) in [5.41, 5.74) is 1.09. The molecule has 1 fully saturated rings. The van der Waals surface area contributed by atoms with Gasteiger partial charge in [-0.3, -0.25) is 4.79 Å². The van der Waals surface area contributed by atoms with Crippen molar-refractivity contribution in [2.45, 2.75) is 44.9 Å². The van der Waals surface area contributed by atoms with Crippen LogP contribution >= 0.6 is 15.9 Å². The first-order valence-electron chi connectivity index (χ1n) is 7.18. The van der Waals surface area contributed by atoms with Gasteiger partial charge in [-0.15, -0.1) is 0 Å². The van der Waals surface area contributed by atoms with Crippen LogP contribution in [-0.2, 0) is 4.79 Å². The van der Waals surface area contributed by atoms with Crippen molar-refractivity contribution < 1.29 is 4.79 Å². The van der Waals surface area contributed by atoms with E-state index < -0.39 is 0 Å². The molecule has 3 nitrogen and oxygen atoms in total. The highest BCUT2D eigenvalue weighted by Crippen LogP contribution is 2.27. The first kappa shape index (κ1) is 15.1. The van der Waals surface area contributed by atoms with Gasteiger partial charge in [-0.1, -0.05) is 48.0 Å². The van der Waals surface area contributed by atoms with Gasteiger partial charge >= 0.3 is 0 Å². The monoisotopic (exact) mass is 334 g/mol. The van der Waals surface area contributed by atoms with Crippen LogP contribution in [0.2, 0.25) is 0 Å². The van der Waals surface area contributed by atoms with Gasteiger partial charge in [0.1, 0.15) is 6.07 Å². The van der Waals surface area contributed by atoms with E-state index in [1.807, 2.05) is 6.07 Å². The van der Waals surface area contributed by atoms with Crippen molar-refractivity contribution in [2.75, 3.05) is 5.32 Å². The number of benzene rings is 1. The van der Waals surface area contributed by atoms with Crippen LogP contribution in [0.3, 0.4) is 0 Å². The summed E-state index contributed by atoms with van der Waals surface area (Å²) in [5, 5.41) is 11.9. The Bertz CT molecular complexity index is 516. The third-order valence-electron chi connectivity index (χ3n) is 3.88. The summed E-state index contributed by atoms with van der Waals surface area (Å²) in [6.07, 6.45) is 7.97. The van der Waals surface area contributed by atoms with Crippen molar-refractivity contribution in [1.82, 2.24) is 0 Å². The average Bonchev–Trinajstić information content (AvgIpc) is 2.48. The van der Waals surface area contributed by atoms with E-state index in [-0.39, 0.29) is 5.91 Å². The van der Waals surface area contributed by atoms with E-state index in [2.05, 4.69) is 27.3 Å². The lowest BCUT2D eigenvalue weighted by Crippen LogP contribution is -2.15. The van der Waals surface area contributed by atoms with Crippen LogP contribution in [0.15, 0.2) is 22.7 Å². The van der Waals surface area contributed by atoms with Crippen molar-refractivity contribution in [3.8, 4) is 6.07 Å². The number of hydrogen-bond donors (Lipinski definition) is 1. The molecule has 1 aliphatic carbocycles. The standard InChI is InChI=1S/C16H19BrN2O/c17-14-7-8-15(13(10-14)11-18)19-16(20)9-6-12-4-2-1-3-5-12/h7-8,10,12H,1-6,9H2,(H,19,20). The van der Waals surface area contributed by atoms with Gasteiger partial charge in [-0.2, -0.15) is 5.26 Å². The molecule has 0 aliphatic heterocycles. The van der Waals surface area contributed by atoms with Gasteiger partial charge in [-0.05, 0) is 30.5 Å². The number of carbonyl (C=O) groups is 1. The molecule has 0 saturated heterocycles. The Balaban J connectivity index is 1.86. The molecule has 0 atom stereocenters. The fourth-order valence-electron chi connectivity index (χ4n) is 2.74. The zero-order valence-electron chi connectivity index (χ0n) is 11.5. The molecule has 2 rings (SSSR count). The third-order valence-corrected chi connectivity index (χ3v) is 4.37. The second kappa shape index (κ2) is 7.44. The zero-order chi connectivity index (χ0) is 14.4. The van der Waals surface area contributed by atoms with Crippen LogP contribution < -0.4 is 5.32 Å². The lowest BCUT2D eigenvalue weighted by atomic mass is 9.86. The highest BCUT2D eigenvalue weighted by atomic mass is 79.9. The molecule has 0 radical (unpaired) electrons. The summed E-state index contributed by atoms with van der Waals surface area (Å²) in [7, 11) is 0. The van der Waals surface area contributed by atoms with Crippen LogP contribution in [0.4, 0.5) is 5.69 Å². The molecule has 0 bridgehead atoms. The van der Waals surface area contributed by atoms with Crippen molar-refractivity contribution in [1.29, 1.82) is 5.26 Å². The molecule has 1 amide bonds. The predicted octanol–water partition coefficient (Wildman–Crippen LogP) is 4.62. The lowest BCUT2D eigenvalue weighted by Gasteiger charge is -2.21. The second-order valence-corrected chi connectivity index (χ2v) is 6.31. The van der Waals surface area contributed by atoms with Gasteiger partial charge in [0.15, 0.2) is 0 Å². The highest BCUT2D eigenvalue weighted by Gasteiger charge is 2.15. The number of nitrogens with one attached hydrogen (secondary N) is 1. The molecular formula is C16H19BrN2O. The van der Waals surface area contributed by atoms with Crippen molar-refractivity contribution in [3.63, 3.8) is 0 Å². The van der Waals surface area contributed by atoms with E-state index in [9.17, 15) is 4.79 Å². The highest BCUT2D eigenvalue weighted by molar-refractivity contribution is 9.10. The Kier molecular flexibility index (Phi) is 5.60. The number of rotatable bonds is 4. The van der Waals surface area contributed by atoms with Crippen LogP contribution in [0, 0.1) is 17.2 Å². The first-order valence-corrected chi connectivity index (χ1v) is 7.98. The van der Waals surface area contributed by atoms with E-state index in [0.717, 1.165) is 10.9 Å². The Morgan fingerprint density at radius 3 is 2.80 bits per heavy atom. The van der Waals surface area contributed by atoms with Gasteiger partial charge in [0.2, 0.25) is 5.91 Å². The minimum Gasteiger partial charge on any atom is -0.325 e. The minimum absolute atomic E-state index is 0.00870. The molecule has 106 valence electrons. The predicted molar refractivity (Wildman–Crippen MR) is 83.3 cm³/mol. The number of nitriles is 1. The Morgan fingerprint density at radius 2 is 2.10 bits per heavy atom. The van der Waals surface area contributed by atoms with Crippen molar-refractivity contribution >= 4 is 27.5 Å². The molecule has 4 heteroatoms. The number of amides is 1. The molecule has 0 spiro atoms. The van der Waals surface area contributed by atoms with Gasteiger partial charge in [0, 0.05) is 10.9 Å². The summed E-state index contributed by atoms with van der Waals surface area (Å²) in [6, 6.07) is 7.42. The Hall–Kier alpha value is -1.34. The minimum atomic E-state index is 0.00870. The normalized spacial score (nSPS) is 15.6. The number of carbonyl (C=O) groups excluding carboxylic acids is 1. The van der Waals surface area contributed by atoms with Crippen molar-refractivity contribution in [2.24, 2.45) is 5.92 Å². The fourth-order valence-corrected chi connectivity index (χ4v) is 3.10. The summed E-state index contributed by atoms with van der Waals surface area (Å²) in [4.78, 5) is 12.0. The van der Waals surface area contributed by atoms with Gasteiger partial charge < -0.3 is 5.32 Å². The molecule has 20 heavy (non-hydrogen) atoms. The summed E-state index contributed by atoms with van der Waals surface area (Å²) in [6.45, 7) is 0. The lowest BCUT2D eigenvalue weighted by molar-refractivity contribution is -0.116. The number of anilines is 1. The molecular weight excluding hydrogens is 316 g/mol. The molecule has 1 aromatic rings. The molecule has 0 aromatic heterocycles. The van der Waals surface area contributed by atoms with Gasteiger partial charge in [-0.25, -0.2) is 0 Å². The Labute approximate surface area is 128 Å². The number of halogens is 1. The maximum atomic E-state index is 12.0. The van der Waals surface area contributed by atoms with E-state index in [1.54, 1.807) is 12.1 Å². The molecule has 1 aliphatic rings. The molecule has 1 saturated carbocycles. The van der Waals surface area contributed by atoms with E-state index in [4.69, 9.17) is 5.26 Å². The van der Waals surface area contributed by atoms with Gasteiger partial charge in [0.05, 0.1) is 11.3 Å². The van der Waals surface area contributed by atoms with Crippen LogP contribution in [0.1, 0.15) is 50.5 Å². The molecule has 1 aromatic carbocycles. The fraction of sp³-hybridized carbons (Fsp3) is 0.500. The topological polar surface area (TPSA) is 52.9 Å². The van der Waals surface area contributed by atoms with E-state index >= 15 is 0 Å². The second-order valence-electron chi connectivity index (χ2n) is 5.39. The van der Waals surface area contributed by atoms with Crippen LogP contribution in [0.25, 0.3) is 0 Å². The SMILES string of the molecule is N#Cc1cc(Br)ccc1NC(=O)CCC1CCCCC1. The van der Waals surface area contributed by atoms with Crippen molar-refractivity contribution in [3.05, 3.63) is 28.2 Å². The Morgan fingerprint density at radius 1 is 1.35 bits per heavy atom. The number of hydrogen-bond acceptors (Lipinski definition) is 2. The molecule has 0 heterocycles.